The maximum atomic E-state index is 13.9. The van der Waals surface area contributed by atoms with Crippen LogP contribution < -0.4 is 5.32 Å². The molecule has 0 spiro atoms. The average molecular weight is 289 g/mol. The molecular formula is C16H20FN3O. The quantitative estimate of drug-likeness (QED) is 0.765. The minimum absolute atomic E-state index is 0.0435. The molecule has 1 aromatic heterocycles. The fraction of sp³-hybridized carbons (Fsp3) is 0.438. The summed E-state index contributed by atoms with van der Waals surface area (Å²) in [7, 11) is 0. The lowest BCUT2D eigenvalue weighted by molar-refractivity contribution is 0.0445. The lowest BCUT2D eigenvalue weighted by Gasteiger charge is -2.40. The monoisotopic (exact) mass is 289 g/mol. The van der Waals surface area contributed by atoms with Crippen molar-refractivity contribution in [3.63, 3.8) is 0 Å². The Hall–Kier alpha value is -1.72. The van der Waals surface area contributed by atoms with Crippen LogP contribution in [0.1, 0.15) is 24.8 Å². The number of hydrogen-bond donors (Lipinski definition) is 3. The van der Waals surface area contributed by atoms with Gasteiger partial charge < -0.3 is 10.4 Å². The fourth-order valence-corrected chi connectivity index (χ4v) is 2.87. The number of aliphatic hydroxyl groups is 1. The number of halogens is 1. The van der Waals surface area contributed by atoms with Gasteiger partial charge in [-0.25, -0.2) is 4.39 Å². The second-order valence-corrected chi connectivity index (χ2v) is 5.87. The summed E-state index contributed by atoms with van der Waals surface area (Å²) in [5.74, 6) is -0.256. The number of hydrogen-bond acceptors (Lipinski definition) is 3. The van der Waals surface area contributed by atoms with Crippen molar-refractivity contribution < 1.29 is 9.50 Å². The summed E-state index contributed by atoms with van der Waals surface area (Å²) >= 11 is 0. The van der Waals surface area contributed by atoms with Crippen LogP contribution in [0.25, 0.3) is 11.3 Å². The van der Waals surface area contributed by atoms with Crippen LogP contribution in [0, 0.1) is 11.2 Å². The van der Waals surface area contributed by atoms with Crippen molar-refractivity contribution in [2.45, 2.75) is 25.8 Å². The molecule has 0 unspecified atom stereocenters. The van der Waals surface area contributed by atoms with Gasteiger partial charge in [0, 0.05) is 36.2 Å². The third-order valence-electron chi connectivity index (χ3n) is 4.43. The van der Waals surface area contributed by atoms with Crippen molar-refractivity contribution in [3.8, 4) is 11.3 Å². The Morgan fingerprint density at radius 3 is 2.81 bits per heavy atom. The van der Waals surface area contributed by atoms with E-state index in [-0.39, 0.29) is 17.8 Å². The van der Waals surface area contributed by atoms with Crippen molar-refractivity contribution in [2.24, 2.45) is 5.41 Å². The van der Waals surface area contributed by atoms with Crippen LogP contribution in [-0.2, 0) is 6.54 Å². The van der Waals surface area contributed by atoms with E-state index in [4.69, 9.17) is 0 Å². The molecule has 4 nitrogen and oxygen atoms in total. The second kappa shape index (κ2) is 5.95. The zero-order valence-electron chi connectivity index (χ0n) is 11.9. The van der Waals surface area contributed by atoms with Crippen molar-refractivity contribution in [3.05, 3.63) is 41.8 Å². The maximum absolute atomic E-state index is 13.9. The first-order valence-electron chi connectivity index (χ1n) is 7.33. The normalized spacial score (nSPS) is 16.7. The Morgan fingerprint density at radius 2 is 2.14 bits per heavy atom. The van der Waals surface area contributed by atoms with E-state index in [1.165, 1.54) is 12.5 Å². The number of aromatic amines is 1. The standard InChI is InChI=1S/C16H20FN3O/c17-14-5-2-1-4-13(14)15-12(9-19-20-15)8-18-10-16(11-21)6-3-7-16/h1-2,4-5,9,18,21H,3,6-8,10-11H2,(H,19,20). The average Bonchev–Trinajstić information content (AvgIpc) is 2.90. The third-order valence-corrected chi connectivity index (χ3v) is 4.43. The van der Waals surface area contributed by atoms with Gasteiger partial charge in [-0.2, -0.15) is 5.10 Å². The van der Waals surface area contributed by atoms with Crippen LogP contribution in [0.3, 0.4) is 0 Å². The molecule has 3 rings (SSSR count). The highest BCUT2D eigenvalue weighted by molar-refractivity contribution is 5.63. The van der Waals surface area contributed by atoms with E-state index in [0.29, 0.717) is 17.8 Å². The highest BCUT2D eigenvalue weighted by atomic mass is 19.1. The van der Waals surface area contributed by atoms with E-state index in [1.54, 1.807) is 18.3 Å². The molecular weight excluding hydrogens is 269 g/mol. The summed E-state index contributed by atoms with van der Waals surface area (Å²) in [5, 5.41) is 19.7. The van der Waals surface area contributed by atoms with Gasteiger partial charge in [0.2, 0.25) is 0 Å². The van der Waals surface area contributed by atoms with Crippen molar-refractivity contribution >= 4 is 0 Å². The van der Waals surface area contributed by atoms with Crippen molar-refractivity contribution in [2.75, 3.05) is 13.2 Å². The lowest BCUT2D eigenvalue weighted by Crippen LogP contribution is -2.42. The Kier molecular flexibility index (Phi) is 4.03. The second-order valence-electron chi connectivity index (χ2n) is 5.87. The number of nitrogens with zero attached hydrogens (tertiary/aromatic N) is 1. The van der Waals surface area contributed by atoms with Gasteiger partial charge in [0.1, 0.15) is 5.82 Å². The van der Waals surface area contributed by atoms with Gasteiger partial charge in [0.05, 0.1) is 11.9 Å². The highest BCUT2D eigenvalue weighted by Crippen LogP contribution is 2.39. The van der Waals surface area contributed by atoms with Gasteiger partial charge in [-0.1, -0.05) is 18.6 Å². The summed E-state index contributed by atoms with van der Waals surface area (Å²) in [6.45, 7) is 1.62. The molecule has 0 radical (unpaired) electrons. The van der Waals surface area contributed by atoms with Gasteiger partial charge >= 0.3 is 0 Å². The summed E-state index contributed by atoms with van der Waals surface area (Å²) in [5.41, 5.74) is 2.23. The van der Waals surface area contributed by atoms with Gasteiger partial charge in [0.15, 0.2) is 0 Å². The molecule has 0 amide bonds. The fourth-order valence-electron chi connectivity index (χ4n) is 2.87. The van der Waals surface area contributed by atoms with E-state index >= 15 is 0 Å². The predicted octanol–water partition coefficient (Wildman–Crippen LogP) is 2.47. The smallest absolute Gasteiger partial charge is 0.132 e. The molecule has 1 heterocycles. The minimum atomic E-state index is -0.256. The molecule has 21 heavy (non-hydrogen) atoms. The summed E-state index contributed by atoms with van der Waals surface area (Å²) in [6, 6.07) is 6.68. The molecule has 0 saturated heterocycles. The first-order chi connectivity index (χ1) is 10.2. The molecule has 0 bridgehead atoms. The number of rotatable bonds is 6. The van der Waals surface area contributed by atoms with Gasteiger partial charge in [-0.15, -0.1) is 0 Å². The molecule has 3 N–H and O–H groups in total. The number of benzene rings is 1. The first-order valence-corrected chi connectivity index (χ1v) is 7.33. The summed E-state index contributed by atoms with van der Waals surface area (Å²) in [4.78, 5) is 0. The van der Waals surface area contributed by atoms with E-state index in [1.807, 2.05) is 6.07 Å². The molecule has 5 heteroatoms. The lowest BCUT2D eigenvalue weighted by atomic mass is 9.69. The van der Waals surface area contributed by atoms with E-state index < -0.39 is 0 Å². The number of aliphatic hydroxyl groups excluding tert-OH is 1. The van der Waals surface area contributed by atoms with Gasteiger partial charge in [0.25, 0.3) is 0 Å². The van der Waals surface area contributed by atoms with Crippen molar-refractivity contribution in [1.82, 2.24) is 15.5 Å². The largest absolute Gasteiger partial charge is 0.396 e. The zero-order valence-corrected chi connectivity index (χ0v) is 11.9. The topological polar surface area (TPSA) is 60.9 Å². The number of H-pyrrole nitrogens is 1. The zero-order chi connectivity index (χ0) is 14.7. The van der Waals surface area contributed by atoms with E-state index in [0.717, 1.165) is 24.9 Å². The molecule has 0 atom stereocenters. The number of aromatic nitrogens is 2. The Morgan fingerprint density at radius 1 is 1.33 bits per heavy atom. The van der Waals surface area contributed by atoms with Crippen LogP contribution in [0.15, 0.2) is 30.5 Å². The van der Waals surface area contributed by atoms with E-state index in [9.17, 15) is 9.50 Å². The van der Waals surface area contributed by atoms with Crippen LogP contribution in [0.5, 0.6) is 0 Å². The van der Waals surface area contributed by atoms with Crippen LogP contribution in [-0.4, -0.2) is 28.5 Å². The molecule has 1 aliphatic carbocycles. The highest BCUT2D eigenvalue weighted by Gasteiger charge is 2.35. The van der Waals surface area contributed by atoms with Crippen LogP contribution in [0.2, 0.25) is 0 Å². The minimum Gasteiger partial charge on any atom is -0.396 e. The molecule has 1 saturated carbocycles. The SMILES string of the molecule is OCC1(CNCc2cn[nH]c2-c2ccccc2F)CCC1. The maximum Gasteiger partial charge on any atom is 0.132 e. The van der Waals surface area contributed by atoms with Crippen LogP contribution in [0.4, 0.5) is 4.39 Å². The summed E-state index contributed by atoms with van der Waals surface area (Å²) in [6.07, 6.45) is 5.06. The Labute approximate surface area is 123 Å². The molecule has 0 aliphatic heterocycles. The molecule has 1 fully saturated rings. The summed E-state index contributed by atoms with van der Waals surface area (Å²) < 4.78 is 13.9. The van der Waals surface area contributed by atoms with Gasteiger partial charge in [-0.3, -0.25) is 5.10 Å². The van der Waals surface area contributed by atoms with Crippen molar-refractivity contribution in [1.29, 1.82) is 0 Å². The van der Waals surface area contributed by atoms with Gasteiger partial charge in [-0.05, 0) is 25.0 Å². The molecule has 2 aromatic rings. The molecule has 112 valence electrons. The first kappa shape index (κ1) is 14.2. The Bertz CT molecular complexity index is 602. The predicted molar refractivity (Wildman–Crippen MR) is 79.1 cm³/mol. The molecule has 1 aromatic carbocycles. The molecule has 1 aliphatic rings. The number of nitrogens with one attached hydrogen (secondary N) is 2. The Balaban J connectivity index is 1.67. The third kappa shape index (κ3) is 2.84. The van der Waals surface area contributed by atoms with E-state index in [2.05, 4.69) is 15.5 Å². The van der Waals surface area contributed by atoms with Crippen LogP contribution >= 0.6 is 0 Å².